The predicted molar refractivity (Wildman–Crippen MR) is 177 cm³/mol. The summed E-state index contributed by atoms with van der Waals surface area (Å²) in [5.41, 5.74) is 9.10. The van der Waals surface area contributed by atoms with Gasteiger partial charge in [-0.1, -0.05) is 84.4 Å². The third kappa shape index (κ3) is 8.71. The van der Waals surface area contributed by atoms with Gasteiger partial charge in [0.15, 0.2) is 0 Å². The van der Waals surface area contributed by atoms with E-state index in [2.05, 4.69) is 77.4 Å². The minimum atomic E-state index is -0.274. The Morgan fingerprint density at radius 1 is 0.956 bits per heavy atom. The van der Waals surface area contributed by atoms with Crippen LogP contribution in [-0.2, 0) is 27.3 Å². The number of carbonyl (C=O) groups is 3. The third-order valence-electron chi connectivity index (χ3n) is 7.51. The molecule has 4 aromatic rings. The lowest BCUT2D eigenvalue weighted by atomic mass is 9.98. The maximum absolute atomic E-state index is 12.7. The molecule has 0 unspecified atom stereocenters. The van der Waals surface area contributed by atoms with E-state index in [-0.39, 0.29) is 31.1 Å². The molecule has 3 amide bonds. The SMILES string of the molecule is CCO.Cc1cc(NC(=O)CNC=O)ccc1Cl.O=C(OCC1c2ccccc2-c2ccccc21)N1CCc2ccccc2C1. The first-order chi connectivity index (χ1) is 21.9. The molecular weight excluding hydrogens is 590 g/mol. The molecule has 0 bridgehead atoms. The summed E-state index contributed by atoms with van der Waals surface area (Å²) in [6.45, 7) is 5.47. The van der Waals surface area contributed by atoms with Gasteiger partial charge >= 0.3 is 6.09 Å². The second kappa shape index (κ2) is 16.4. The highest BCUT2D eigenvalue weighted by atomic mass is 35.5. The minimum Gasteiger partial charge on any atom is -0.448 e. The molecule has 45 heavy (non-hydrogen) atoms. The predicted octanol–water partition coefficient (Wildman–Crippen LogP) is 6.33. The molecule has 3 N–H and O–H groups in total. The second-order valence-corrected chi connectivity index (χ2v) is 11.0. The number of amides is 3. The fourth-order valence-electron chi connectivity index (χ4n) is 5.40. The number of aliphatic hydroxyl groups is 1. The number of hydrogen-bond donors (Lipinski definition) is 3. The van der Waals surface area contributed by atoms with Gasteiger partial charge in [-0.25, -0.2) is 4.79 Å². The molecule has 6 rings (SSSR count). The van der Waals surface area contributed by atoms with E-state index >= 15 is 0 Å². The number of nitrogens with zero attached hydrogens (tertiary/aromatic N) is 1. The largest absolute Gasteiger partial charge is 0.448 e. The van der Waals surface area contributed by atoms with Crippen molar-refractivity contribution in [1.29, 1.82) is 0 Å². The highest BCUT2D eigenvalue weighted by Crippen LogP contribution is 2.44. The van der Waals surface area contributed by atoms with Gasteiger partial charge in [-0.2, -0.15) is 0 Å². The van der Waals surface area contributed by atoms with Crippen molar-refractivity contribution >= 4 is 35.7 Å². The van der Waals surface area contributed by atoms with E-state index in [0.717, 1.165) is 12.0 Å². The lowest BCUT2D eigenvalue weighted by molar-refractivity contribution is -0.118. The molecule has 234 valence electrons. The molecule has 0 saturated carbocycles. The molecule has 1 heterocycles. The summed E-state index contributed by atoms with van der Waals surface area (Å²) in [5.74, 6) is -0.165. The first kappa shape index (κ1) is 33.2. The Kier molecular flexibility index (Phi) is 12.1. The van der Waals surface area contributed by atoms with Crippen LogP contribution in [0.15, 0.2) is 91.0 Å². The summed E-state index contributed by atoms with van der Waals surface area (Å²) < 4.78 is 5.78. The average Bonchev–Trinajstić information content (AvgIpc) is 3.38. The van der Waals surface area contributed by atoms with Crippen LogP contribution < -0.4 is 10.6 Å². The van der Waals surface area contributed by atoms with Crippen molar-refractivity contribution in [2.24, 2.45) is 0 Å². The van der Waals surface area contributed by atoms with Crippen LogP contribution >= 0.6 is 11.6 Å². The molecule has 8 nitrogen and oxygen atoms in total. The van der Waals surface area contributed by atoms with Gasteiger partial charge < -0.3 is 25.4 Å². The van der Waals surface area contributed by atoms with E-state index in [9.17, 15) is 14.4 Å². The van der Waals surface area contributed by atoms with Gasteiger partial charge in [-0.3, -0.25) is 9.59 Å². The standard InChI is InChI=1S/C24H21NO2.C10H11ClN2O2.C2H6O/c26-24(25-14-13-17-7-1-2-8-18(17)15-25)27-16-23-21-11-5-3-9-19(21)20-10-4-6-12-22(20)23;1-7-4-8(2-3-9(7)11)13-10(15)5-12-6-14;1-2-3/h1-12,23H,13-16H2;2-4,6H,5H2,1H3,(H,12,14)(H,13,15);3H,2H2,1H3. The Bertz CT molecular complexity index is 1580. The summed E-state index contributed by atoms with van der Waals surface area (Å²) in [5, 5.41) is 13.1. The van der Waals surface area contributed by atoms with Crippen molar-refractivity contribution in [2.75, 3.05) is 31.6 Å². The quantitative estimate of drug-likeness (QED) is 0.217. The number of carbonyl (C=O) groups excluding carboxylic acids is 3. The van der Waals surface area contributed by atoms with Gasteiger partial charge in [0.25, 0.3) is 0 Å². The Balaban J connectivity index is 0.000000218. The number of aliphatic hydroxyl groups excluding tert-OH is 1. The molecule has 1 aliphatic heterocycles. The normalized spacial score (nSPS) is 12.6. The number of rotatable bonds is 6. The van der Waals surface area contributed by atoms with E-state index in [1.165, 1.54) is 33.4 Å². The van der Waals surface area contributed by atoms with E-state index < -0.39 is 0 Å². The maximum atomic E-state index is 12.7. The van der Waals surface area contributed by atoms with E-state index in [1.807, 2.05) is 17.9 Å². The summed E-state index contributed by atoms with van der Waals surface area (Å²) in [4.78, 5) is 35.7. The average molecular weight is 628 g/mol. The number of ether oxygens (including phenoxy) is 1. The molecular formula is C36H38ClN3O5. The number of nitrogens with one attached hydrogen (secondary N) is 2. The van der Waals surface area contributed by atoms with Crippen LogP contribution in [0.4, 0.5) is 10.5 Å². The zero-order chi connectivity index (χ0) is 32.2. The van der Waals surface area contributed by atoms with Crippen LogP contribution in [0.1, 0.15) is 40.7 Å². The van der Waals surface area contributed by atoms with Crippen LogP contribution in [0.5, 0.6) is 0 Å². The molecule has 0 radical (unpaired) electrons. The summed E-state index contributed by atoms with van der Waals surface area (Å²) in [6.07, 6.45) is 1.15. The number of fused-ring (bicyclic) bond motifs is 4. The molecule has 0 spiro atoms. The topological polar surface area (TPSA) is 108 Å². The van der Waals surface area contributed by atoms with Gasteiger partial charge in [0.2, 0.25) is 12.3 Å². The van der Waals surface area contributed by atoms with E-state index in [4.69, 9.17) is 21.4 Å². The molecule has 0 fully saturated rings. The maximum Gasteiger partial charge on any atom is 0.410 e. The minimum absolute atomic E-state index is 0.0365. The number of benzene rings is 4. The molecule has 0 saturated heterocycles. The first-order valence-electron chi connectivity index (χ1n) is 14.9. The molecule has 0 aromatic heterocycles. The molecule has 1 aliphatic carbocycles. The van der Waals surface area contributed by atoms with Gasteiger partial charge in [0.1, 0.15) is 6.61 Å². The van der Waals surface area contributed by atoms with E-state index in [1.54, 1.807) is 25.1 Å². The summed E-state index contributed by atoms with van der Waals surface area (Å²) in [6, 6.07) is 30.3. The Morgan fingerprint density at radius 2 is 1.56 bits per heavy atom. The van der Waals surface area contributed by atoms with Crippen molar-refractivity contribution in [3.8, 4) is 11.1 Å². The number of hydrogen-bond acceptors (Lipinski definition) is 5. The van der Waals surface area contributed by atoms with Crippen molar-refractivity contribution in [2.45, 2.75) is 32.7 Å². The van der Waals surface area contributed by atoms with Gasteiger partial charge in [0.05, 0.1) is 6.54 Å². The molecule has 4 aromatic carbocycles. The Labute approximate surface area is 269 Å². The van der Waals surface area contributed by atoms with Crippen molar-refractivity contribution in [3.63, 3.8) is 0 Å². The van der Waals surface area contributed by atoms with Crippen molar-refractivity contribution < 1.29 is 24.2 Å². The summed E-state index contributed by atoms with van der Waals surface area (Å²) >= 11 is 5.83. The van der Waals surface area contributed by atoms with Crippen LogP contribution in [0, 0.1) is 6.92 Å². The van der Waals surface area contributed by atoms with E-state index in [0.29, 0.717) is 36.8 Å². The van der Waals surface area contributed by atoms with Crippen molar-refractivity contribution in [1.82, 2.24) is 10.2 Å². The van der Waals surface area contributed by atoms with Gasteiger partial charge in [-0.15, -0.1) is 0 Å². The fourth-order valence-corrected chi connectivity index (χ4v) is 5.52. The Hall–Kier alpha value is -4.66. The van der Waals surface area contributed by atoms with Crippen LogP contribution in [0.25, 0.3) is 11.1 Å². The molecule has 9 heteroatoms. The zero-order valence-corrected chi connectivity index (χ0v) is 26.2. The number of halogens is 1. The number of aryl methyl sites for hydroxylation is 1. The van der Waals surface area contributed by atoms with Crippen LogP contribution in [0.2, 0.25) is 5.02 Å². The molecule has 2 aliphatic rings. The summed E-state index contributed by atoms with van der Waals surface area (Å²) in [7, 11) is 0. The zero-order valence-electron chi connectivity index (χ0n) is 25.5. The lowest BCUT2D eigenvalue weighted by Crippen LogP contribution is -2.36. The highest BCUT2D eigenvalue weighted by molar-refractivity contribution is 6.31. The van der Waals surface area contributed by atoms with Crippen molar-refractivity contribution in [3.05, 3.63) is 124 Å². The van der Waals surface area contributed by atoms with Crippen LogP contribution in [-0.4, -0.2) is 54.7 Å². The smallest absolute Gasteiger partial charge is 0.410 e. The molecule has 0 atom stereocenters. The highest BCUT2D eigenvalue weighted by Gasteiger charge is 2.30. The van der Waals surface area contributed by atoms with Gasteiger partial charge in [-0.05, 0) is 77.4 Å². The number of anilines is 1. The van der Waals surface area contributed by atoms with Gasteiger partial charge in [0, 0.05) is 36.3 Å². The monoisotopic (exact) mass is 627 g/mol. The lowest BCUT2D eigenvalue weighted by Gasteiger charge is -2.28. The van der Waals surface area contributed by atoms with Crippen LogP contribution in [0.3, 0.4) is 0 Å². The Morgan fingerprint density at radius 3 is 2.18 bits per heavy atom. The third-order valence-corrected chi connectivity index (χ3v) is 7.94. The first-order valence-corrected chi connectivity index (χ1v) is 15.2. The second-order valence-electron chi connectivity index (χ2n) is 10.6. The fraction of sp³-hybridized carbons (Fsp3) is 0.250.